The highest BCUT2D eigenvalue weighted by Gasteiger charge is 2.24. The van der Waals surface area contributed by atoms with Gasteiger partial charge in [-0.05, 0) is 70.6 Å². The largest absolute Gasteiger partial charge is 0.462 e. The third-order valence-electron chi connectivity index (χ3n) is 11.7. The molecule has 1 amide bonds. The van der Waals surface area contributed by atoms with Crippen LogP contribution in [0.15, 0.2) is 48.6 Å². The van der Waals surface area contributed by atoms with Gasteiger partial charge in [0.1, 0.15) is 6.10 Å². The third-order valence-corrected chi connectivity index (χ3v) is 11.7. The Morgan fingerprint density at radius 2 is 0.850 bits per heavy atom. The number of amides is 1. The molecule has 0 aromatic carbocycles. The Kier molecular flexibility index (Phi) is 46.1. The van der Waals surface area contributed by atoms with Crippen molar-refractivity contribution in [2.24, 2.45) is 0 Å². The van der Waals surface area contributed by atoms with Gasteiger partial charge in [-0.15, -0.1) is 0 Å². The maximum atomic E-state index is 13.2. The van der Waals surface area contributed by atoms with Gasteiger partial charge in [-0.3, -0.25) is 9.59 Å². The number of carbonyl (C=O) groups excluding carboxylic acids is 2. The molecule has 0 fully saturated rings. The third kappa shape index (κ3) is 42.5. The van der Waals surface area contributed by atoms with Crippen LogP contribution in [0.3, 0.4) is 0 Å². The first-order valence-electron chi connectivity index (χ1n) is 25.9. The highest BCUT2D eigenvalue weighted by atomic mass is 16.5. The molecule has 0 rings (SSSR count). The zero-order chi connectivity index (χ0) is 43.8. The maximum absolute atomic E-state index is 13.2. The van der Waals surface area contributed by atoms with Crippen molar-refractivity contribution in [2.45, 2.75) is 277 Å². The first-order chi connectivity index (χ1) is 29.5. The van der Waals surface area contributed by atoms with Crippen LogP contribution in [-0.2, 0) is 14.3 Å². The van der Waals surface area contributed by atoms with Crippen LogP contribution in [0.5, 0.6) is 0 Å². The van der Waals surface area contributed by atoms with Gasteiger partial charge in [-0.2, -0.15) is 0 Å². The summed E-state index contributed by atoms with van der Waals surface area (Å²) in [6, 6.07) is -0.705. The molecule has 0 radical (unpaired) electrons. The van der Waals surface area contributed by atoms with E-state index < -0.39 is 18.2 Å². The second-order valence-corrected chi connectivity index (χ2v) is 17.6. The summed E-state index contributed by atoms with van der Waals surface area (Å²) in [4.78, 5) is 26.1. The first kappa shape index (κ1) is 57.8. The number of aliphatic hydroxyl groups excluding tert-OH is 2. The molecule has 0 aliphatic carbocycles. The van der Waals surface area contributed by atoms with Crippen molar-refractivity contribution < 1.29 is 24.5 Å². The standard InChI is InChI=1S/C54H99NO5/c1-4-7-10-13-16-19-22-24-25-26-27-28-29-30-32-35-38-41-44-47-54(59)60-50(45-42-39-36-33-31-23-20-17-14-11-8-5-2)48-53(58)55-51(49-56)52(57)46-43-40-37-34-21-18-15-12-9-6-3/h16,19,24-25,27-28,30,32,50-52,56-57H,4-15,17-18,20-23,26,29,31,33-49H2,1-3H3,(H,55,58)/b19-16-,25-24-,28-27-,32-30-. The average Bonchev–Trinajstić information content (AvgIpc) is 3.24. The number of esters is 1. The number of nitrogens with one attached hydrogen (secondary N) is 1. The molecule has 0 bridgehead atoms. The molecule has 0 saturated heterocycles. The number of unbranched alkanes of at least 4 members (excludes halogenated alkanes) is 26. The fourth-order valence-corrected chi connectivity index (χ4v) is 7.71. The van der Waals surface area contributed by atoms with E-state index in [4.69, 9.17) is 4.74 Å². The lowest BCUT2D eigenvalue weighted by molar-refractivity contribution is -0.151. The fraction of sp³-hybridized carbons (Fsp3) is 0.815. The van der Waals surface area contributed by atoms with Crippen LogP contribution < -0.4 is 5.32 Å². The molecule has 0 aromatic heterocycles. The summed E-state index contributed by atoms with van der Waals surface area (Å²) in [5.74, 6) is -0.504. The second kappa shape index (κ2) is 47.9. The Hall–Kier alpha value is -2.18. The predicted molar refractivity (Wildman–Crippen MR) is 259 cm³/mol. The van der Waals surface area contributed by atoms with E-state index in [9.17, 15) is 19.8 Å². The van der Waals surface area contributed by atoms with Crippen molar-refractivity contribution in [3.8, 4) is 0 Å². The van der Waals surface area contributed by atoms with E-state index in [0.717, 1.165) is 77.0 Å². The monoisotopic (exact) mass is 842 g/mol. The molecule has 0 saturated carbocycles. The van der Waals surface area contributed by atoms with Crippen molar-refractivity contribution >= 4 is 11.9 Å². The Bertz CT molecular complexity index is 1040. The van der Waals surface area contributed by atoms with Gasteiger partial charge in [0.2, 0.25) is 5.91 Å². The van der Waals surface area contributed by atoms with E-state index in [-0.39, 0.29) is 24.9 Å². The van der Waals surface area contributed by atoms with Crippen LogP contribution in [0, 0.1) is 0 Å². The minimum atomic E-state index is -0.790. The van der Waals surface area contributed by atoms with E-state index in [0.29, 0.717) is 19.3 Å². The summed E-state index contributed by atoms with van der Waals surface area (Å²) >= 11 is 0. The molecule has 0 spiro atoms. The van der Waals surface area contributed by atoms with E-state index in [1.54, 1.807) is 0 Å². The molecule has 0 aliphatic heterocycles. The number of carbonyl (C=O) groups is 2. The molecule has 6 heteroatoms. The molecule has 0 aliphatic rings. The van der Waals surface area contributed by atoms with Crippen molar-refractivity contribution in [2.75, 3.05) is 6.61 Å². The Balaban J connectivity index is 4.58. The molecule has 350 valence electrons. The van der Waals surface area contributed by atoms with Crippen LogP contribution in [0.25, 0.3) is 0 Å². The van der Waals surface area contributed by atoms with Crippen LogP contribution >= 0.6 is 0 Å². The lowest BCUT2D eigenvalue weighted by atomic mass is 10.0. The number of ether oxygens (including phenoxy) is 1. The molecule has 6 nitrogen and oxygen atoms in total. The van der Waals surface area contributed by atoms with E-state index in [1.807, 2.05) is 0 Å². The maximum Gasteiger partial charge on any atom is 0.306 e. The van der Waals surface area contributed by atoms with Gasteiger partial charge in [-0.1, -0.05) is 223 Å². The number of hydrogen-bond donors (Lipinski definition) is 3. The smallest absolute Gasteiger partial charge is 0.306 e. The molecule has 3 unspecified atom stereocenters. The molecule has 0 heterocycles. The lowest BCUT2D eigenvalue weighted by Gasteiger charge is -2.24. The molecular formula is C54H99NO5. The average molecular weight is 842 g/mol. The van der Waals surface area contributed by atoms with Crippen molar-refractivity contribution in [1.82, 2.24) is 5.32 Å². The van der Waals surface area contributed by atoms with Crippen molar-refractivity contribution in [3.05, 3.63) is 48.6 Å². The Morgan fingerprint density at radius 3 is 1.30 bits per heavy atom. The van der Waals surface area contributed by atoms with Gasteiger partial charge in [0.05, 0.1) is 25.2 Å². The van der Waals surface area contributed by atoms with E-state index in [2.05, 4.69) is 74.7 Å². The number of hydrogen-bond acceptors (Lipinski definition) is 5. The van der Waals surface area contributed by atoms with Gasteiger partial charge in [0.15, 0.2) is 0 Å². The van der Waals surface area contributed by atoms with Gasteiger partial charge < -0.3 is 20.3 Å². The minimum Gasteiger partial charge on any atom is -0.462 e. The van der Waals surface area contributed by atoms with Gasteiger partial charge in [0.25, 0.3) is 0 Å². The summed E-state index contributed by atoms with van der Waals surface area (Å²) < 4.78 is 5.92. The summed E-state index contributed by atoms with van der Waals surface area (Å²) in [6.07, 6.45) is 57.4. The van der Waals surface area contributed by atoms with Crippen molar-refractivity contribution in [1.29, 1.82) is 0 Å². The van der Waals surface area contributed by atoms with Crippen LogP contribution in [0.2, 0.25) is 0 Å². The summed E-state index contributed by atoms with van der Waals surface area (Å²) in [6.45, 7) is 6.44. The number of allylic oxidation sites excluding steroid dienone is 8. The summed E-state index contributed by atoms with van der Waals surface area (Å²) in [5, 5.41) is 23.7. The molecule has 3 N–H and O–H groups in total. The highest BCUT2D eigenvalue weighted by Crippen LogP contribution is 2.18. The normalized spacial score (nSPS) is 13.6. The van der Waals surface area contributed by atoms with Gasteiger partial charge >= 0.3 is 5.97 Å². The number of aliphatic hydroxyl groups is 2. The zero-order valence-electron chi connectivity index (χ0n) is 39.8. The molecule has 60 heavy (non-hydrogen) atoms. The summed E-state index contributed by atoms with van der Waals surface area (Å²) in [7, 11) is 0. The zero-order valence-corrected chi connectivity index (χ0v) is 39.8. The molecule has 0 aromatic rings. The van der Waals surface area contributed by atoms with Crippen molar-refractivity contribution in [3.63, 3.8) is 0 Å². The summed E-state index contributed by atoms with van der Waals surface area (Å²) in [5.41, 5.74) is 0. The topological polar surface area (TPSA) is 95.9 Å². The minimum absolute atomic E-state index is 0.0668. The Labute approximate surface area is 372 Å². The second-order valence-electron chi connectivity index (χ2n) is 17.6. The molecular weight excluding hydrogens is 743 g/mol. The molecule has 3 atom stereocenters. The lowest BCUT2D eigenvalue weighted by Crippen LogP contribution is -2.46. The van der Waals surface area contributed by atoms with Gasteiger partial charge in [-0.25, -0.2) is 0 Å². The SMILES string of the molecule is CCCCC/C=C\C/C=C\C/C=C\C/C=C\CCCCCC(=O)OC(CCCCCCCCCCCCCC)CC(=O)NC(CO)C(O)CCCCCCCCCCCC. The van der Waals surface area contributed by atoms with E-state index in [1.165, 1.54) is 135 Å². The fourth-order valence-electron chi connectivity index (χ4n) is 7.71. The Morgan fingerprint density at radius 1 is 0.483 bits per heavy atom. The van der Waals surface area contributed by atoms with Gasteiger partial charge in [0, 0.05) is 6.42 Å². The number of rotatable bonds is 46. The van der Waals surface area contributed by atoms with Crippen LogP contribution in [-0.4, -0.2) is 46.9 Å². The van der Waals surface area contributed by atoms with Crippen LogP contribution in [0.4, 0.5) is 0 Å². The first-order valence-corrected chi connectivity index (χ1v) is 25.9. The van der Waals surface area contributed by atoms with Crippen LogP contribution in [0.1, 0.15) is 258 Å². The highest BCUT2D eigenvalue weighted by molar-refractivity contribution is 5.77. The predicted octanol–water partition coefficient (Wildman–Crippen LogP) is 15.5. The quantitative estimate of drug-likeness (QED) is 0.0322. The van der Waals surface area contributed by atoms with E-state index >= 15 is 0 Å².